The summed E-state index contributed by atoms with van der Waals surface area (Å²) in [7, 11) is 0. The summed E-state index contributed by atoms with van der Waals surface area (Å²) in [6.07, 6.45) is 4.36. The largest absolute Gasteiger partial charge is 0.375 e. The fourth-order valence-corrected chi connectivity index (χ4v) is 3.16. The number of rotatable bonds is 3. The van der Waals surface area contributed by atoms with Crippen molar-refractivity contribution in [2.24, 2.45) is 11.7 Å². The zero-order chi connectivity index (χ0) is 10.8. The van der Waals surface area contributed by atoms with Crippen LogP contribution in [0.4, 0.5) is 0 Å². The Hall–Kier alpha value is -0.120. The average Bonchev–Trinajstić information content (AvgIpc) is 2.66. The first-order valence-corrected chi connectivity index (χ1v) is 6.31. The summed E-state index contributed by atoms with van der Waals surface area (Å²) >= 11 is 0. The highest BCUT2D eigenvalue weighted by Gasteiger charge is 2.39. The van der Waals surface area contributed by atoms with E-state index >= 15 is 0 Å². The topological polar surface area (TPSA) is 38.5 Å². The number of ether oxygens (including phenoxy) is 1. The number of nitrogens with zero attached hydrogens (tertiary/aromatic N) is 1. The molecule has 0 aromatic heterocycles. The van der Waals surface area contributed by atoms with Crippen molar-refractivity contribution in [2.45, 2.75) is 51.3 Å². The smallest absolute Gasteiger partial charge is 0.0731 e. The van der Waals surface area contributed by atoms with Gasteiger partial charge in [0.25, 0.3) is 0 Å². The van der Waals surface area contributed by atoms with Crippen molar-refractivity contribution in [2.75, 3.05) is 19.7 Å². The van der Waals surface area contributed by atoms with E-state index < -0.39 is 0 Å². The van der Waals surface area contributed by atoms with Crippen LogP contribution >= 0.6 is 0 Å². The fraction of sp³-hybridized carbons (Fsp3) is 1.00. The number of fused-ring (bicyclic) bond motifs is 1. The molecule has 0 aromatic rings. The molecule has 0 spiro atoms. The zero-order valence-electron chi connectivity index (χ0n) is 9.98. The van der Waals surface area contributed by atoms with Gasteiger partial charge >= 0.3 is 0 Å². The molecular weight excluding hydrogens is 188 g/mol. The molecule has 1 saturated heterocycles. The number of hydrogen-bond acceptors (Lipinski definition) is 3. The van der Waals surface area contributed by atoms with Crippen LogP contribution in [-0.2, 0) is 4.74 Å². The Morgan fingerprint density at radius 2 is 2.20 bits per heavy atom. The minimum Gasteiger partial charge on any atom is -0.375 e. The van der Waals surface area contributed by atoms with Crippen LogP contribution in [0.5, 0.6) is 0 Å². The molecule has 1 heterocycles. The molecule has 0 radical (unpaired) electrons. The lowest BCUT2D eigenvalue weighted by Gasteiger charge is -2.43. The highest BCUT2D eigenvalue weighted by atomic mass is 16.5. The summed E-state index contributed by atoms with van der Waals surface area (Å²) < 4.78 is 5.82. The predicted molar refractivity (Wildman–Crippen MR) is 61.8 cm³/mol. The van der Waals surface area contributed by atoms with Crippen LogP contribution in [0, 0.1) is 5.92 Å². The molecule has 15 heavy (non-hydrogen) atoms. The Morgan fingerprint density at radius 3 is 2.87 bits per heavy atom. The van der Waals surface area contributed by atoms with Gasteiger partial charge in [-0.2, -0.15) is 0 Å². The van der Waals surface area contributed by atoms with Gasteiger partial charge in [-0.15, -0.1) is 0 Å². The molecule has 3 atom stereocenters. The first-order valence-electron chi connectivity index (χ1n) is 6.31. The van der Waals surface area contributed by atoms with Crippen LogP contribution in [0.15, 0.2) is 0 Å². The lowest BCUT2D eigenvalue weighted by atomic mass is 9.98. The van der Waals surface area contributed by atoms with E-state index in [1.807, 2.05) is 0 Å². The van der Waals surface area contributed by atoms with E-state index in [2.05, 4.69) is 18.7 Å². The molecule has 1 aliphatic carbocycles. The number of morpholine rings is 1. The Labute approximate surface area is 93.0 Å². The Balaban J connectivity index is 2.05. The van der Waals surface area contributed by atoms with Crippen LogP contribution in [0.2, 0.25) is 0 Å². The first-order chi connectivity index (χ1) is 7.24. The van der Waals surface area contributed by atoms with Crippen LogP contribution in [-0.4, -0.2) is 42.8 Å². The van der Waals surface area contributed by atoms with Gasteiger partial charge in [-0.3, -0.25) is 4.90 Å². The molecule has 88 valence electrons. The quantitative estimate of drug-likeness (QED) is 0.764. The van der Waals surface area contributed by atoms with Gasteiger partial charge in [0.15, 0.2) is 0 Å². The molecule has 1 saturated carbocycles. The third-order valence-electron chi connectivity index (χ3n) is 3.96. The van der Waals surface area contributed by atoms with Gasteiger partial charge in [0.05, 0.1) is 12.7 Å². The van der Waals surface area contributed by atoms with Gasteiger partial charge in [0.2, 0.25) is 0 Å². The molecule has 3 nitrogen and oxygen atoms in total. The summed E-state index contributed by atoms with van der Waals surface area (Å²) in [5.41, 5.74) is 5.90. The highest BCUT2D eigenvalue weighted by molar-refractivity contribution is 4.93. The molecule has 3 heteroatoms. The molecule has 2 fully saturated rings. The highest BCUT2D eigenvalue weighted by Crippen LogP contribution is 2.32. The third kappa shape index (κ3) is 2.19. The molecular formula is C12H24N2O. The van der Waals surface area contributed by atoms with Crippen molar-refractivity contribution >= 4 is 0 Å². The van der Waals surface area contributed by atoms with Gasteiger partial charge in [0.1, 0.15) is 0 Å². The van der Waals surface area contributed by atoms with Gasteiger partial charge in [-0.1, -0.05) is 13.8 Å². The Bertz CT molecular complexity index is 206. The van der Waals surface area contributed by atoms with E-state index in [0.717, 1.165) is 19.7 Å². The summed E-state index contributed by atoms with van der Waals surface area (Å²) in [4.78, 5) is 2.62. The molecule has 2 N–H and O–H groups in total. The van der Waals surface area contributed by atoms with E-state index in [0.29, 0.717) is 24.1 Å². The zero-order valence-corrected chi connectivity index (χ0v) is 9.98. The normalized spacial score (nSPS) is 34.4. The number of hydrogen-bond donors (Lipinski definition) is 1. The maximum atomic E-state index is 5.90. The van der Waals surface area contributed by atoms with E-state index in [1.165, 1.54) is 19.3 Å². The minimum absolute atomic E-state index is 0.492. The second-order valence-corrected chi connectivity index (χ2v) is 5.19. The van der Waals surface area contributed by atoms with Crippen molar-refractivity contribution < 1.29 is 4.74 Å². The molecule has 0 bridgehead atoms. The molecule has 1 aliphatic heterocycles. The van der Waals surface area contributed by atoms with Crippen LogP contribution in [0.1, 0.15) is 33.1 Å². The third-order valence-corrected chi connectivity index (χ3v) is 3.96. The summed E-state index contributed by atoms with van der Waals surface area (Å²) in [6, 6.07) is 1.19. The fourth-order valence-electron chi connectivity index (χ4n) is 3.16. The lowest BCUT2D eigenvalue weighted by molar-refractivity contribution is -0.0767. The van der Waals surface area contributed by atoms with E-state index in [9.17, 15) is 0 Å². The van der Waals surface area contributed by atoms with Crippen LogP contribution in [0.3, 0.4) is 0 Å². The summed E-state index contributed by atoms with van der Waals surface area (Å²) in [5, 5.41) is 0. The van der Waals surface area contributed by atoms with Gasteiger partial charge < -0.3 is 10.5 Å². The second kappa shape index (κ2) is 4.81. The van der Waals surface area contributed by atoms with Crippen molar-refractivity contribution in [1.82, 2.24) is 4.90 Å². The van der Waals surface area contributed by atoms with Crippen molar-refractivity contribution in [1.29, 1.82) is 0 Å². The SMILES string of the molecule is CC(C)C(CN)N1CCOC2CCCC21. The van der Waals surface area contributed by atoms with E-state index in [4.69, 9.17) is 10.5 Å². The maximum absolute atomic E-state index is 5.90. The Kier molecular flexibility index (Phi) is 3.65. The molecule has 0 aromatic carbocycles. The summed E-state index contributed by atoms with van der Waals surface area (Å²) in [5.74, 6) is 0.648. The Morgan fingerprint density at radius 1 is 1.40 bits per heavy atom. The van der Waals surface area contributed by atoms with Crippen LogP contribution in [0.25, 0.3) is 0 Å². The van der Waals surface area contributed by atoms with Crippen molar-refractivity contribution in [3.63, 3.8) is 0 Å². The number of nitrogens with two attached hydrogens (primary N) is 1. The maximum Gasteiger partial charge on any atom is 0.0731 e. The first kappa shape index (κ1) is 11.4. The van der Waals surface area contributed by atoms with Crippen molar-refractivity contribution in [3.05, 3.63) is 0 Å². The monoisotopic (exact) mass is 212 g/mol. The van der Waals surface area contributed by atoms with E-state index in [-0.39, 0.29) is 0 Å². The van der Waals surface area contributed by atoms with Gasteiger partial charge in [0, 0.05) is 25.2 Å². The van der Waals surface area contributed by atoms with Gasteiger partial charge in [-0.05, 0) is 25.2 Å². The summed E-state index contributed by atoms with van der Waals surface area (Å²) in [6.45, 7) is 7.29. The second-order valence-electron chi connectivity index (χ2n) is 5.19. The molecule has 2 aliphatic rings. The minimum atomic E-state index is 0.492. The lowest BCUT2D eigenvalue weighted by Crippen LogP contribution is -2.56. The average molecular weight is 212 g/mol. The van der Waals surface area contributed by atoms with E-state index in [1.54, 1.807) is 0 Å². The molecule has 3 unspecified atom stereocenters. The predicted octanol–water partition coefficient (Wildman–Crippen LogP) is 1.22. The van der Waals surface area contributed by atoms with Gasteiger partial charge in [-0.25, -0.2) is 0 Å². The molecule has 2 rings (SSSR count). The standard InChI is InChI=1S/C12H24N2O/c1-9(2)11(8-13)14-6-7-15-12-5-3-4-10(12)14/h9-12H,3-8,13H2,1-2H3. The van der Waals surface area contributed by atoms with Crippen LogP contribution < -0.4 is 5.73 Å². The molecule has 0 amide bonds. The van der Waals surface area contributed by atoms with Crippen molar-refractivity contribution in [3.8, 4) is 0 Å².